The molecule has 1 unspecified atom stereocenters. The number of aromatic carboxylic acids is 1. The predicted molar refractivity (Wildman–Crippen MR) is 64.0 cm³/mol. The van der Waals surface area contributed by atoms with Crippen LogP contribution in [0.25, 0.3) is 0 Å². The molecule has 0 aliphatic rings. The van der Waals surface area contributed by atoms with Crippen LogP contribution in [-0.4, -0.2) is 35.8 Å². The summed E-state index contributed by atoms with van der Waals surface area (Å²) in [4.78, 5) is 14.7. The highest BCUT2D eigenvalue weighted by molar-refractivity contribution is 5.87. The maximum absolute atomic E-state index is 10.6. The van der Waals surface area contributed by atoms with Gasteiger partial charge in [0.15, 0.2) is 0 Å². The van der Waals surface area contributed by atoms with Gasteiger partial charge in [-0.15, -0.1) is 0 Å². The van der Waals surface area contributed by atoms with Gasteiger partial charge in [-0.2, -0.15) is 0 Å². The van der Waals surface area contributed by atoms with Crippen molar-refractivity contribution in [2.75, 3.05) is 13.7 Å². The Morgan fingerprint density at radius 3 is 2.88 bits per heavy atom. The maximum atomic E-state index is 10.6. The maximum Gasteiger partial charge on any atom is 0.337 e. The summed E-state index contributed by atoms with van der Waals surface area (Å²) in [5.41, 5.74) is 1.04. The molecular formula is C12H18N2O3. The van der Waals surface area contributed by atoms with Gasteiger partial charge in [0.25, 0.3) is 0 Å². The average molecular weight is 238 g/mol. The fraction of sp³-hybridized carbons (Fsp3) is 0.500. The number of carboxylic acid groups (broad SMARTS) is 1. The predicted octanol–water partition coefficient (Wildman–Crippen LogP) is 1.29. The molecule has 0 aromatic carbocycles. The summed E-state index contributed by atoms with van der Waals surface area (Å²) in [7, 11) is 1.68. The van der Waals surface area contributed by atoms with Crippen LogP contribution in [-0.2, 0) is 11.3 Å². The van der Waals surface area contributed by atoms with Gasteiger partial charge in [0.2, 0.25) is 0 Å². The number of nitrogens with zero attached hydrogens (tertiary/aromatic N) is 1. The molecule has 5 heteroatoms. The molecule has 1 atom stereocenters. The van der Waals surface area contributed by atoms with Crippen molar-refractivity contribution in [1.29, 1.82) is 0 Å². The largest absolute Gasteiger partial charge is 0.478 e. The normalized spacial score (nSPS) is 12.4. The second-order valence-corrected chi connectivity index (χ2v) is 3.91. The van der Waals surface area contributed by atoms with Crippen molar-refractivity contribution in [1.82, 2.24) is 10.3 Å². The summed E-state index contributed by atoms with van der Waals surface area (Å²) in [6.07, 6.45) is 2.31. The third kappa shape index (κ3) is 4.93. The SMILES string of the molecule is COCCC(C)NCc1ccc(C(=O)O)cn1. The summed E-state index contributed by atoms with van der Waals surface area (Å²) in [5.74, 6) is -0.953. The number of rotatable bonds is 7. The molecule has 0 aliphatic carbocycles. The van der Waals surface area contributed by atoms with Crippen LogP contribution in [0.2, 0.25) is 0 Å². The second-order valence-electron chi connectivity index (χ2n) is 3.91. The van der Waals surface area contributed by atoms with Gasteiger partial charge >= 0.3 is 5.97 Å². The Morgan fingerprint density at radius 2 is 2.35 bits per heavy atom. The molecule has 0 saturated carbocycles. The third-order valence-corrected chi connectivity index (χ3v) is 2.46. The first-order valence-corrected chi connectivity index (χ1v) is 5.54. The molecule has 1 rings (SSSR count). The fourth-order valence-corrected chi connectivity index (χ4v) is 1.33. The van der Waals surface area contributed by atoms with Gasteiger partial charge in [-0.1, -0.05) is 0 Å². The Morgan fingerprint density at radius 1 is 1.59 bits per heavy atom. The van der Waals surface area contributed by atoms with Crippen molar-refractivity contribution < 1.29 is 14.6 Å². The number of aromatic nitrogens is 1. The van der Waals surface area contributed by atoms with Crippen molar-refractivity contribution in [3.8, 4) is 0 Å². The smallest absolute Gasteiger partial charge is 0.337 e. The third-order valence-electron chi connectivity index (χ3n) is 2.46. The van der Waals surface area contributed by atoms with Gasteiger partial charge in [-0.25, -0.2) is 4.79 Å². The highest BCUT2D eigenvalue weighted by atomic mass is 16.5. The molecule has 0 fully saturated rings. The van der Waals surface area contributed by atoms with Crippen LogP contribution in [0.15, 0.2) is 18.3 Å². The number of hydrogen-bond acceptors (Lipinski definition) is 4. The molecule has 1 aromatic heterocycles. The molecule has 0 saturated heterocycles. The van der Waals surface area contributed by atoms with Gasteiger partial charge in [-0.05, 0) is 25.5 Å². The number of carboxylic acids is 1. The van der Waals surface area contributed by atoms with E-state index in [4.69, 9.17) is 9.84 Å². The molecule has 0 spiro atoms. The van der Waals surface area contributed by atoms with E-state index in [9.17, 15) is 4.79 Å². The molecule has 1 aromatic rings. The number of methoxy groups -OCH3 is 1. The van der Waals surface area contributed by atoms with Crippen molar-refractivity contribution in [3.63, 3.8) is 0 Å². The van der Waals surface area contributed by atoms with E-state index in [1.165, 1.54) is 6.20 Å². The van der Waals surface area contributed by atoms with E-state index in [1.807, 2.05) is 0 Å². The van der Waals surface area contributed by atoms with Crippen LogP contribution < -0.4 is 5.32 Å². The summed E-state index contributed by atoms with van der Waals surface area (Å²) in [6, 6.07) is 3.63. The Hall–Kier alpha value is -1.46. The molecule has 17 heavy (non-hydrogen) atoms. The Labute approximate surface area is 101 Å². The minimum Gasteiger partial charge on any atom is -0.478 e. The first kappa shape index (κ1) is 13.6. The van der Waals surface area contributed by atoms with Crippen molar-refractivity contribution in [2.45, 2.75) is 25.9 Å². The number of hydrogen-bond donors (Lipinski definition) is 2. The van der Waals surface area contributed by atoms with E-state index in [0.29, 0.717) is 12.6 Å². The van der Waals surface area contributed by atoms with Crippen molar-refractivity contribution in [3.05, 3.63) is 29.6 Å². The van der Waals surface area contributed by atoms with Crippen LogP contribution >= 0.6 is 0 Å². The Bertz CT molecular complexity index is 351. The zero-order chi connectivity index (χ0) is 12.7. The van der Waals surface area contributed by atoms with Gasteiger partial charge in [0.05, 0.1) is 11.3 Å². The topological polar surface area (TPSA) is 71.5 Å². The van der Waals surface area contributed by atoms with E-state index in [-0.39, 0.29) is 5.56 Å². The van der Waals surface area contributed by atoms with Crippen LogP contribution in [0.1, 0.15) is 29.4 Å². The summed E-state index contributed by atoms with van der Waals surface area (Å²) < 4.78 is 4.99. The quantitative estimate of drug-likeness (QED) is 0.749. The molecule has 0 amide bonds. The highest BCUT2D eigenvalue weighted by Crippen LogP contribution is 2.01. The molecule has 5 nitrogen and oxygen atoms in total. The lowest BCUT2D eigenvalue weighted by Crippen LogP contribution is -2.27. The summed E-state index contributed by atoms with van der Waals surface area (Å²) >= 11 is 0. The Kier molecular flexibility index (Phi) is 5.59. The molecule has 0 bridgehead atoms. The van der Waals surface area contributed by atoms with E-state index in [1.54, 1.807) is 19.2 Å². The molecule has 1 heterocycles. The van der Waals surface area contributed by atoms with Gasteiger partial charge in [0, 0.05) is 32.5 Å². The van der Waals surface area contributed by atoms with E-state index < -0.39 is 5.97 Å². The second kappa shape index (κ2) is 6.98. The molecular weight excluding hydrogens is 220 g/mol. The van der Waals surface area contributed by atoms with Crippen molar-refractivity contribution >= 4 is 5.97 Å². The molecule has 0 radical (unpaired) electrons. The minimum absolute atomic E-state index is 0.209. The van der Waals surface area contributed by atoms with Crippen LogP contribution in [0.3, 0.4) is 0 Å². The van der Waals surface area contributed by atoms with Crippen LogP contribution in [0.4, 0.5) is 0 Å². The van der Waals surface area contributed by atoms with Crippen LogP contribution in [0.5, 0.6) is 0 Å². The van der Waals surface area contributed by atoms with Gasteiger partial charge in [0.1, 0.15) is 0 Å². The van der Waals surface area contributed by atoms with Crippen LogP contribution in [0, 0.1) is 0 Å². The summed E-state index contributed by atoms with van der Waals surface area (Å²) in [6.45, 7) is 3.43. The summed E-state index contributed by atoms with van der Waals surface area (Å²) in [5, 5.41) is 12.0. The monoisotopic (exact) mass is 238 g/mol. The van der Waals surface area contributed by atoms with Gasteiger partial charge in [-0.3, -0.25) is 4.98 Å². The number of ether oxygens (including phenoxy) is 1. The molecule has 0 aliphatic heterocycles. The molecule has 2 N–H and O–H groups in total. The van der Waals surface area contributed by atoms with Gasteiger partial charge < -0.3 is 15.2 Å². The lowest BCUT2D eigenvalue weighted by atomic mass is 10.2. The fourth-order valence-electron chi connectivity index (χ4n) is 1.33. The zero-order valence-electron chi connectivity index (χ0n) is 10.1. The first-order chi connectivity index (χ1) is 8.13. The molecule has 94 valence electrons. The van der Waals surface area contributed by atoms with Crippen molar-refractivity contribution in [2.24, 2.45) is 0 Å². The minimum atomic E-state index is -0.953. The Balaban J connectivity index is 2.39. The van der Waals surface area contributed by atoms with E-state index >= 15 is 0 Å². The van der Waals surface area contributed by atoms with E-state index in [2.05, 4.69) is 17.2 Å². The zero-order valence-corrected chi connectivity index (χ0v) is 10.1. The van der Waals surface area contributed by atoms with E-state index in [0.717, 1.165) is 18.7 Å². The number of pyridine rings is 1. The standard InChI is InChI=1S/C12H18N2O3/c1-9(5-6-17-2)13-8-11-4-3-10(7-14-11)12(15)16/h3-4,7,9,13H,5-6,8H2,1-2H3,(H,15,16). The first-order valence-electron chi connectivity index (χ1n) is 5.54. The lowest BCUT2D eigenvalue weighted by molar-refractivity contribution is 0.0696. The number of carbonyl (C=O) groups is 1. The average Bonchev–Trinajstić information content (AvgIpc) is 2.34. The number of nitrogens with one attached hydrogen (secondary N) is 1. The lowest BCUT2D eigenvalue weighted by Gasteiger charge is -2.12. The highest BCUT2D eigenvalue weighted by Gasteiger charge is 2.04.